The highest BCUT2D eigenvalue weighted by molar-refractivity contribution is 5.91. The Kier molecular flexibility index (Phi) is 3.71. The van der Waals surface area contributed by atoms with Crippen LogP contribution in [0.2, 0.25) is 0 Å². The summed E-state index contributed by atoms with van der Waals surface area (Å²) in [4.78, 5) is 11.1. The predicted molar refractivity (Wildman–Crippen MR) is 73.3 cm³/mol. The Morgan fingerprint density at radius 2 is 1.89 bits per heavy atom. The van der Waals surface area contributed by atoms with E-state index in [1.54, 1.807) is 6.07 Å². The van der Waals surface area contributed by atoms with E-state index in [-0.39, 0.29) is 11.3 Å². The van der Waals surface area contributed by atoms with Crippen LogP contribution in [0.3, 0.4) is 0 Å². The summed E-state index contributed by atoms with van der Waals surface area (Å²) in [7, 11) is 0. The number of benzene rings is 2. The summed E-state index contributed by atoms with van der Waals surface area (Å²) >= 11 is 0. The molecule has 19 heavy (non-hydrogen) atoms. The number of aromatic carboxylic acids is 1. The van der Waals surface area contributed by atoms with Crippen LogP contribution in [0.1, 0.15) is 21.5 Å². The minimum absolute atomic E-state index is 0.112. The molecule has 0 heterocycles. The molecule has 0 atom stereocenters. The standard InChI is InChI=1S/C15H15NO3/c1-10-2-4-11(5-3-10)9-19-14-8-12(16)6-7-13(14)15(17)18/h2-8H,9,16H2,1H3,(H,17,18). The number of nitrogen functional groups attached to an aromatic ring is 1. The lowest BCUT2D eigenvalue weighted by Gasteiger charge is -2.10. The zero-order valence-corrected chi connectivity index (χ0v) is 10.6. The molecule has 0 fully saturated rings. The van der Waals surface area contributed by atoms with Crippen LogP contribution >= 0.6 is 0 Å². The Bertz CT molecular complexity index is 591. The fourth-order valence-electron chi connectivity index (χ4n) is 1.68. The molecule has 3 N–H and O–H groups in total. The van der Waals surface area contributed by atoms with E-state index >= 15 is 0 Å². The summed E-state index contributed by atoms with van der Waals surface area (Å²) < 4.78 is 5.54. The zero-order valence-electron chi connectivity index (χ0n) is 10.6. The summed E-state index contributed by atoms with van der Waals surface area (Å²) in [6.45, 7) is 2.31. The lowest BCUT2D eigenvalue weighted by Crippen LogP contribution is -2.04. The van der Waals surface area contributed by atoms with Gasteiger partial charge < -0.3 is 15.6 Å². The van der Waals surface area contributed by atoms with Gasteiger partial charge in [-0.15, -0.1) is 0 Å². The number of hydrogen-bond acceptors (Lipinski definition) is 3. The van der Waals surface area contributed by atoms with Crippen molar-refractivity contribution in [3.63, 3.8) is 0 Å². The maximum atomic E-state index is 11.1. The predicted octanol–water partition coefficient (Wildman–Crippen LogP) is 2.85. The molecule has 4 nitrogen and oxygen atoms in total. The van der Waals surface area contributed by atoms with Crippen LogP contribution in [-0.2, 0) is 6.61 Å². The average Bonchev–Trinajstić information content (AvgIpc) is 2.38. The molecule has 4 heteroatoms. The Balaban J connectivity index is 2.16. The minimum Gasteiger partial charge on any atom is -0.488 e. The quantitative estimate of drug-likeness (QED) is 0.826. The summed E-state index contributed by atoms with van der Waals surface area (Å²) in [6, 6.07) is 12.4. The van der Waals surface area contributed by atoms with Crippen LogP contribution in [0.5, 0.6) is 5.75 Å². The van der Waals surface area contributed by atoms with Gasteiger partial charge in [0.1, 0.15) is 17.9 Å². The molecule has 0 aromatic heterocycles. The van der Waals surface area contributed by atoms with E-state index in [0.717, 1.165) is 5.56 Å². The molecule has 0 amide bonds. The van der Waals surface area contributed by atoms with Crippen LogP contribution in [0.25, 0.3) is 0 Å². The Hall–Kier alpha value is -2.49. The molecule has 0 aliphatic carbocycles. The first kappa shape index (κ1) is 13.0. The van der Waals surface area contributed by atoms with E-state index in [4.69, 9.17) is 15.6 Å². The van der Waals surface area contributed by atoms with Crippen LogP contribution in [0.15, 0.2) is 42.5 Å². The maximum absolute atomic E-state index is 11.1. The number of hydrogen-bond donors (Lipinski definition) is 2. The van der Waals surface area contributed by atoms with Crippen molar-refractivity contribution in [2.45, 2.75) is 13.5 Å². The molecular formula is C15H15NO3. The first-order valence-electron chi connectivity index (χ1n) is 5.87. The summed E-state index contributed by atoms with van der Waals surface area (Å²) in [5.41, 5.74) is 8.37. The third-order valence-electron chi connectivity index (χ3n) is 2.75. The van der Waals surface area contributed by atoms with Crippen LogP contribution in [-0.4, -0.2) is 11.1 Å². The fraction of sp³-hybridized carbons (Fsp3) is 0.133. The average molecular weight is 257 g/mol. The molecule has 0 aliphatic rings. The lowest BCUT2D eigenvalue weighted by atomic mass is 10.1. The molecule has 0 saturated heterocycles. The lowest BCUT2D eigenvalue weighted by molar-refractivity contribution is 0.0692. The second kappa shape index (κ2) is 5.44. The Morgan fingerprint density at radius 1 is 1.21 bits per heavy atom. The zero-order chi connectivity index (χ0) is 13.8. The number of carboxylic acid groups (broad SMARTS) is 1. The van der Waals surface area contributed by atoms with Crippen molar-refractivity contribution >= 4 is 11.7 Å². The van der Waals surface area contributed by atoms with E-state index in [0.29, 0.717) is 12.3 Å². The van der Waals surface area contributed by atoms with E-state index in [2.05, 4.69) is 0 Å². The van der Waals surface area contributed by atoms with Gasteiger partial charge in [-0.25, -0.2) is 4.79 Å². The first-order chi connectivity index (χ1) is 9.06. The number of carboxylic acids is 1. The summed E-state index contributed by atoms with van der Waals surface area (Å²) in [5.74, 6) is -0.744. The van der Waals surface area contributed by atoms with E-state index in [1.165, 1.54) is 17.7 Å². The molecule has 0 unspecified atom stereocenters. The van der Waals surface area contributed by atoms with E-state index < -0.39 is 5.97 Å². The second-order valence-corrected chi connectivity index (χ2v) is 4.34. The van der Waals surface area contributed by atoms with Crippen LogP contribution in [0.4, 0.5) is 5.69 Å². The Labute approximate surface area is 111 Å². The number of aryl methyl sites for hydroxylation is 1. The number of rotatable bonds is 4. The fourth-order valence-corrected chi connectivity index (χ4v) is 1.68. The topological polar surface area (TPSA) is 72.5 Å². The molecule has 0 saturated carbocycles. The van der Waals surface area contributed by atoms with Crippen molar-refractivity contribution in [3.05, 3.63) is 59.2 Å². The summed E-state index contributed by atoms with van der Waals surface area (Å²) in [5, 5.41) is 9.07. The largest absolute Gasteiger partial charge is 0.488 e. The number of ether oxygens (including phenoxy) is 1. The molecule has 2 rings (SSSR count). The number of carbonyl (C=O) groups is 1. The van der Waals surface area contributed by atoms with E-state index in [9.17, 15) is 4.79 Å². The molecule has 0 spiro atoms. The molecule has 2 aromatic carbocycles. The molecule has 98 valence electrons. The minimum atomic E-state index is -1.03. The first-order valence-corrected chi connectivity index (χ1v) is 5.87. The highest BCUT2D eigenvalue weighted by Crippen LogP contribution is 2.23. The maximum Gasteiger partial charge on any atom is 0.339 e. The molecule has 0 bridgehead atoms. The molecule has 2 aromatic rings. The van der Waals surface area contributed by atoms with Gasteiger partial charge in [-0.3, -0.25) is 0 Å². The van der Waals surface area contributed by atoms with Crippen molar-refractivity contribution in [2.24, 2.45) is 0 Å². The SMILES string of the molecule is Cc1ccc(COc2cc(N)ccc2C(=O)O)cc1. The molecular weight excluding hydrogens is 242 g/mol. The van der Waals surface area contributed by atoms with Gasteiger partial charge in [-0.1, -0.05) is 29.8 Å². The Morgan fingerprint density at radius 3 is 2.53 bits per heavy atom. The van der Waals surface area contributed by atoms with Crippen molar-refractivity contribution in [2.75, 3.05) is 5.73 Å². The number of nitrogens with two attached hydrogens (primary N) is 1. The van der Waals surface area contributed by atoms with Gasteiger partial charge in [0.05, 0.1) is 0 Å². The highest BCUT2D eigenvalue weighted by atomic mass is 16.5. The van der Waals surface area contributed by atoms with Gasteiger partial charge in [-0.2, -0.15) is 0 Å². The van der Waals surface area contributed by atoms with Crippen LogP contribution in [0, 0.1) is 6.92 Å². The van der Waals surface area contributed by atoms with Gasteiger partial charge in [-0.05, 0) is 24.6 Å². The van der Waals surface area contributed by atoms with Crippen molar-refractivity contribution in [1.82, 2.24) is 0 Å². The summed E-state index contributed by atoms with van der Waals surface area (Å²) in [6.07, 6.45) is 0. The van der Waals surface area contributed by atoms with Crippen molar-refractivity contribution < 1.29 is 14.6 Å². The number of anilines is 1. The van der Waals surface area contributed by atoms with Gasteiger partial charge in [0, 0.05) is 11.8 Å². The third-order valence-corrected chi connectivity index (χ3v) is 2.75. The highest BCUT2D eigenvalue weighted by Gasteiger charge is 2.11. The smallest absolute Gasteiger partial charge is 0.339 e. The van der Waals surface area contributed by atoms with E-state index in [1.807, 2.05) is 31.2 Å². The van der Waals surface area contributed by atoms with Crippen LogP contribution < -0.4 is 10.5 Å². The monoisotopic (exact) mass is 257 g/mol. The normalized spacial score (nSPS) is 10.2. The van der Waals surface area contributed by atoms with Crippen molar-refractivity contribution in [1.29, 1.82) is 0 Å². The van der Waals surface area contributed by atoms with Crippen molar-refractivity contribution in [3.8, 4) is 5.75 Å². The van der Waals surface area contributed by atoms with Gasteiger partial charge in [0.25, 0.3) is 0 Å². The molecule has 0 radical (unpaired) electrons. The van der Waals surface area contributed by atoms with Gasteiger partial charge in [0.2, 0.25) is 0 Å². The molecule has 0 aliphatic heterocycles. The third kappa shape index (κ3) is 3.25. The second-order valence-electron chi connectivity index (χ2n) is 4.34. The van der Waals surface area contributed by atoms with Gasteiger partial charge in [0.15, 0.2) is 0 Å². The van der Waals surface area contributed by atoms with Gasteiger partial charge >= 0.3 is 5.97 Å².